The number of nitriles is 1. The molecule has 130 valence electrons. The van der Waals surface area contributed by atoms with Crippen molar-refractivity contribution in [2.75, 3.05) is 0 Å². The Balaban J connectivity index is 1.95. The molecule has 0 amide bonds. The average Bonchev–Trinajstić information content (AvgIpc) is 2.69. The molecule has 0 radical (unpaired) electrons. The Labute approximate surface area is 153 Å². The lowest BCUT2D eigenvalue weighted by molar-refractivity contribution is 0.759. The monoisotopic (exact) mass is 343 g/mol. The molecule has 1 N–H and O–H groups in total. The Hall–Kier alpha value is -3.19. The van der Waals surface area contributed by atoms with Gasteiger partial charge >= 0.3 is 0 Å². The summed E-state index contributed by atoms with van der Waals surface area (Å²) in [4.78, 5) is 19.3. The molecule has 0 bridgehead atoms. The van der Waals surface area contributed by atoms with Gasteiger partial charge in [0.25, 0.3) is 5.56 Å². The zero-order valence-electron chi connectivity index (χ0n) is 14.8. The SMILES string of the molecule is CCCCc1[nH]cnc(=O)c1Cc1ccc(-c2ccccc2)c(C#N)c1. The van der Waals surface area contributed by atoms with Crippen LogP contribution in [0.2, 0.25) is 0 Å². The van der Waals surface area contributed by atoms with Crippen molar-refractivity contribution in [1.82, 2.24) is 9.97 Å². The fourth-order valence-corrected chi connectivity index (χ4v) is 3.09. The molecule has 0 atom stereocenters. The molecule has 2 aromatic carbocycles. The maximum atomic E-state index is 12.3. The lowest BCUT2D eigenvalue weighted by atomic mass is 9.95. The number of H-pyrrole nitrogens is 1. The molecule has 0 aliphatic heterocycles. The van der Waals surface area contributed by atoms with Gasteiger partial charge in [-0.25, -0.2) is 0 Å². The van der Waals surface area contributed by atoms with E-state index >= 15 is 0 Å². The van der Waals surface area contributed by atoms with E-state index < -0.39 is 0 Å². The van der Waals surface area contributed by atoms with Gasteiger partial charge < -0.3 is 4.98 Å². The quantitative estimate of drug-likeness (QED) is 0.728. The van der Waals surface area contributed by atoms with Crippen LogP contribution in [0.15, 0.2) is 59.7 Å². The zero-order chi connectivity index (χ0) is 18.4. The van der Waals surface area contributed by atoms with Crippen molar-refractivity contribution in [3.63, 3.8) is 0 Å². The molecule has 3 rings (SSSR count). The summed E-state index contributed by atoms with van der Waals surface area (Å²) in [6.45, 7) is 2.13. The Morgan fingerprint density at radius 2 is 1.96 bits per heavy atom. The first-order chi connectivity index (χ1) is 12.7. The van der Waals surface area contributed by atoms with Crippen molar-refractivity contribution in [3.05, 3.63) is 87.6 Å². The molecule has 0 spiro atoms. The van der Waals surface area contributed by atoms with Crippen molar-refractivity contribution >= 4 is 0 Å². The maximum Gasteiger partial charge on any atom is 0.276 e. The second-order valence-corrected chi connectivity index (χ2v) is 6.30. The van der Waals surface area contributed by atoms with Crippen molar-refractivity contribution < 1.29 is 0 Å². The second-order valence-electron chi connectivity index (χ2n) is 6.30. The van der Waals surface area contributed by atoms with Crippen LogP contribution in [0.4, 0.5) is 0 Å². The van der Waals surface area contributed by atoms with Gasteiger partial charge in [-0.05, 0) is 35.6 Å². The summed E-state index contributed by atoms with van der Waals surface area (Å²) < 4.78 is 0. The number of benzene rings is 2. The highest BCUT2D eigenvalue weighted by Crippen LogP contribution is 2.25. The number of aryl methyl sites for hydroxylation is 1. The molecule has 26 heavy (non-hydrogen) atoms. The largest absolute Gasteiger partial charge is 0.349 e. The molecule has 3 aromatic rings. The van der Waals surface area contributed by atoms with Crippen LogP contribution >= 0.6 is 0 Å². The molecule has 1 aromatic heterocycles. The molecule has 0 fully saturated rings. The normalized spacial score (nSPS) is 10.5. The Kier molecular flexibility index (Phi) is 5.60. The van der Waals surface area contributed by atoms with Gasteiger partial charge in [0.15, 0.2) is 0 Å². The minimum Gasteiger partial charge on any atom is -0.349 e. The summed E-state index contributed by atoms with van der Waals surface area (Å²) in [5, 5.41) is 9.57. The van der Waals surface area contributed by atoms with Crippen LogP contribution in [0, 0.1) is 11.3 Å². The summed E-state index contributed by atoms with van der Waals surface area (Å²) in [5.41, 5.74) is 4.92. The Bertz CT molecular complexity index is 984. The molecular weight excluding hydrogens is 322 g/mol. The number of aromatic nitrogens is 2. The molecule has 4 nitrogen and oxygen atoms in total. The fraction of sp³-hybridized carbons (Fsp3) is 0.227. The number of unbranched alkanes of at least 4 members (excludes halogenated alkanes) is 1. The lowest BCUT2D eigenvalue weighted by Gasteiger charge is -2.10. The number of aromatic amines is 1. The number of hydrogen-bond acceptors (Lipinski definition) is 3. The zero-order valence-corrected chi connectivity index (χ0v) is 14.8. The van der Waals surface area contributed by atoms with Gasteiger partial charge in [-0.15, -0.1) is 0 Å². The van der Waals surface area contributed by atoms with Crippen LogP contribution in [-0.2, 0) is 12.8 Å². The number of nitrogens with one attached hydrogen (secondary N) is 1. The third kappa shape index (κ3) is 3.89. The highest BCUT2D eigenvalue weighted by atomic mass is 16.1. The minimum absolute atomic E-state index is 0.194. The van der Waals surface area contributed by atoms with E-state index in [1.165, 1.54) is 6.33 Å². The highest BCUT2D eigenvalue weighted by Gasteiger charge is 2.11. The molecule has 0 aliphatic carbocycles. The maximum absolute atomic E-state index is 12.3. The van der Waals surface area contributed by atoms with Crippen LogP contribution in [0.1, 0.15) is 42.1 Å². The fourth-order valence-electron chi connectivity index (χ4n) is 3.09. The van der Waals surface area contributed by atoms with Crippen LogP contribution in [0.25, 0.3) is 11.1 Å². The third-order valence-electron chi connectivity index (χ3n) is 4.49. The molecule has 4 heteroatoms. The van der Waals surface area contributed by atoms with Gasteiger partial charge in [0, 0.05) is 17.7 Å². The summed E-state index contributed by atoms with van der Waals surface area (Å²) in [5.74, 6) is 0. The van der Waals surface area contributed by atoms with Crippen LogP contribution < -0.4 is 5.56 Å². The van der Waals surface area contributed by atoms with Gasteiger partial charge in [-0.3, -0.25) is 4.79 Å². The van der Waals surface area contributed by atoms with Gasteiger partial charge in [0.2, 0.25) is 0 Å². The molecule has 0 unspecified atom stereocenters. The summed E-state index contributed by atoms with van der Waals surface area (Å²) >= 11 is 0. The Morgan fingerprint density at radius 1 is 1.15 bits per heavy atom. The van der Waals surface area contributed by atoms with E-state index in [9.17, 15) is 10.1 Å². The highest BCUT2D eigenvalue weighted by molar-refractivity contribution is 5.71. The molecule has 0 saturated heterocycles. The van der Waals surface area contributed by atoms with Crippen molar-refractivity contribution in [1.29, 1.82) is 5.26 Å². The van der Waals surface area contributed by atoms with Crippen LogP contribution in [0.3, 0.4) is 0 Å². The predicted octanol–water partition coefficient (Wildman–Crippen LogP) is 4.24. The van der Waals surface area contributed by atoms with Crippen molar-refractivity contribution in [2.45, 2.75) is 32.6 Å². The number of hydrogen-bond donors (Lipinski definition) is 1. The Morgan fingerprint density at radius 3 is 2.69 bits per heavy atom. The second kappa shape index (κ2) is 8.26. The third-order valence-corrected chi connectivity index (χ3v) is 4.49. The van der Waals surface area contributed by atoms with E-state index in [1.807, 2.05) is 48.5 Å². The number of rotatable bonds is 6. The standard InChI is InChI=1S/C22H21N3O/c1-2-3-9-21-20(22(26)25-15-24-21)13-16-10-11-19(18(12-16)14-23)17-7-5-4-6-8-17/h4-8,10-12,15H,2-3,9,13H2,1H3,(H,24,25,26). The summed E-state index contributed by atoms with van der Waals surface area (Å²) in [6, 6.07) is 18.0. The van der Waals surface area contributed by atoms with Gasteiger partial charge in [-0.1, -0.05) is 55.8 Å². The molecule has 0 saturated carbocycles. The molecule has 0 aliphatic rings. The van der Waals surface area contributed by atoms with E-state index in [0.717, 1.165) is 41.6 Å². The summed E-state index contributed by atoms with van der Waals surface area (Å²) in [7, 11) is 0. The van der Waals surface area contributed by atoms with Crippen molar-refractivity contribution in [3.8, 4) is 17.2 Å². The first-order valence-corrected chi connectivity index (χ1v) is 8.86. The van der Waals surface area contributed by atoms with Crippen molar-refractivity contribution in [2.24, 2.45) is 0 Å². The lowest BCUT2D eigenvalue weighted by Crippen LogP contribution is -2.17. The molecular formula is C22H21N3O. The minimum atomic E-state index is -0.194. The van der Waals surface area contributed by atoms with E-state index in [2.05, 4.69) is 23.0 Å². The van der Waals surface area contributed by atoms with Crippen LogP contribution in [0.5, 0.6) is 0 Å². The van der Waals surface area contributed by atoms with E-state index in [4.69, 9.17) is 0 Å². The van der Waals surface area contributed by atoms with Gasteiger partial charge in [0.1, 0.15) is 0 Å². The van der Waals surface area contributed by atoms with E-state index in [0.29, 0.717) is 17.5 Å². The molecule has 1 heterocycles. The first kappa shape index (κ1) is 17.6. The predicted molar refractivity (Wildman–Crippen MR) is 103 cm³/mol. The van der Waals surface area contributed by atoms with E-state index in [-0.39, 0.29) is 5.56 Å². The van der Waals surface area contributed by atoms with Crippen LogP contribution in [-0.4, -0.2) is 9.97 Å². The average molecular weight is 343 g/mol. The topological polar surface area (TPSA) is 69.5 Å². The van der Waals surface area contributed by atoms with Gasteiger partial charge in [0.05, 0.1) is 18.0 Å². The summed E-state index contributed by atoms with van der Waals surface area (Å²) in [6.07, 6.45) is 4.86. The first-order valence-electron chi connectivity index (χ1n) is 8.86. The number of nitrogens with zero attached hydrogens (tertiary/aromatic N) is 2. The smallest absolute Gasteiger partial charge is 0.276 e. The van der Waals surface area contributed by atoms with E-state index in [1.54, 1.807) is 0 Å². The van der Waals surface area contributed by atoms with Gasteiger partial charge in [-0.2, -0.15) is 10.2 Å².